The highest BCUT2D eigenvalue weighted by Crippen LogP contribution is 2.45. The Morgan fingerprint density at radius 1 is 0.508 bits per heavy atom. The molecule has 0 unspecified atom stereocenters. The number of nitrogens with zero attached hydrogens (tertiary/aromatic N) is 3. The summed E-state index contributed by atoms with van der Waals surface area (Å²) in [5.41, 5.74) is -14.2. The number of fused-ring (bicyclic) bond motifs is 1. The molecule has 320 valence electrons. The highest BCUT2D eigenvalue weighted by Gasteiger charge is 2.29. The van der Waals surface area contributed by atoms with Crippen LogP contribution in [0, 0.1) is 6.85 Å². The average Bonchev–Trinajstić information content (AvgIpc) is 1.09. The second-order valence-corrected chi connectivity index (χ2v) is 16.8. The molecule has 8 rings (SSSR count). The van der Waals surface area contributed by atoms with Gasteiger partial charge in [-0.1, -0.05) is 167 Å². The Labute approximate surface area is 417 Å². The second kappa shape index (κ2) is 15.8. The van der Waals surface area contributed by atoms with Gasteiger partial charge in [0, 0.05) is 64.0 Å². The molecule has 0 fully saturated rings. The summed E-state index contributed by atoms with van der Waals surface area (Å²) in [4.78, 5) is 9.66. The quantitative estimate of drug-likeness (QED) is 0.181. The maximum atomic E-state index is 13.0. The molecule has 1 N–H and O–H groups in total. The van der Waals surface area contributed by atoms with Crippen molar-refractivity contribution < 1.29 is 46.2 Å². The van der Waals surface area contributed by atoms with E-state index in [9.17, 15) is 5.11 Å². The lowest BCUT2D eigenvalue weighted by atomic mass is 9.79. The van der Waals surface area contributed by atoms with E-state index in [0.717, 1.165) is 16.7 Å². The number of pyridine rings is 1. The smallest absolute Gasteiger partial charge is 0.149 e. The van der Waals surface area contributed by atoms with Crippen LogP contribution in [0.25, 0.3) is 72.7 Å². The molecule has 0 amide bonds. The Bertz CT molecular complexity index is 4000. The van der Waals surface area contributed by atoms with Crippen LogP contribution in [-0.2, 0) is 21.7 Å². The van der Waals surface area contributed by atoms with Gasteiger partial charge in [-0.25, -0.2) is 4.98 Å². The van der Waals surface area contributed by atoms with Gasteiger partial charge in [0.1, 0.15) is 11.6 Å². The molecule has 0 aliphatic carbocycles. The van der Waals surface area contributed by atoms with Crippen molar-refractivity contribution in [3.8, 4) is 67.5 Å². The van der Waals surface area contributed by atoms with Crippen LogP contribution >= 0.6 is 0 Å². The zero-order valence-corrected chi connectivity index (χ0v) is 34.6. The molecule has 4 nitrogen and oxygen atoms in total. The first kappa shape index (κ1) is 20.1. The number of phenols is 1. The average molecular weight is 860 g/mol. The first-order valence-electron chi connectivity index (χ1n) is 34.9. The van der Waals surface area contributed by atoms with E-state index < -0.39 is 130 Å². The van der Waals surface area contributed by atoms with E-state index in [4.69, 9.17) is 46.1 Å². The topological polar surface area (TPSA) is 50.9 Å². The first-order valence-corrected chi connectivity index (χ1v) is 19.9. The van der Waals surface area contributed by atoms with Gasteiger partial charge < -0.3 is 5.11 Å². The largest absolute Gasteiger partial charge is 0.507 e. The molecule has 0 atom stereocenters. The van der Waals surface area contributed by atoms with Crippen LogP contribution < -0.4 is 0 Å². The summed E-state index contributed by atoms with van der Waals surface area (Å²) < 4.78 is 259. The number of aryl methyl sites for hydroxylation is 1. The minimum Gasteiger partial charge on any atom is -0.507 e. The summed E-state index contributed by atoms with van der Waals surface area (Å²) in [5, 5.41) is 13.0. The van der Waals surface area contributed by atoms with Gasteiger partial charge in [-0.3, -0.25) is 9.55 Å². The molecule has 0 bridgehead atoms. The third-order valence-electron chi connectivity index (χ3n) is 11.0. The molecule has 6 aromatic carbocycles. The Morgan fingerprint density at radius 3 is 1.86 bits per heavy atom. The third-order valence-corrected chi connectivity index (χ3v) is 11.0. The standard InChI is InChI=1S/C59H63N3O/c1-37-30-40(38-18-15-14-16-19-38)24-27-51(37)62-52-21-17-20-47(53(52)61-55(62)48-35-46(58(8,9)10)36-49(54(48)63)59(11,12)13)42-31-43(33-45(32-42)57(5,6)7)50-34-41(28-29-60-50)39-22-25-44(26-23-39)56(2,3)4/h14-36,63H,1-13H3/i1D3,2D3,3D3,4D3,8D3,9D3,10D3,11D3,12D3,13D3. The molecular formula is C59H63N3O. The van der Waals surface area contributed by atoms with Gasteiger partial charge in [0.25, 0.3) is 0 Å². The van der Waals surface area contributed by atoms with Gasteiger partial charge in [0.2, 0.25) is 0 Å². The van der Waals surface area contributed by atoms with E-state index in [1.807, 2.05) is 26.8 Å². The minimum atomic E-state index is -4.29. The van der Waals surface area contributed by atoms with E-state index in [1.54, 1.807) is 60.7 Å². The zero-order chi connectivity index (χ0) is 70.2. The number of hydrogen-bond acceptors (Lipinski definition) is 3. The second-order valence-electron chi connectivity index (χ2n) is 16.8. The number of hydrogen-bond donors (Lipinski definition) is 1. The van der Waals surface area contributed by atoms with Crippen molar-refractivity contribution in [3.05, 3.63) is 167 Å². The Balaban J connectivity index is 1.53. The zero-order valence-electron chi connectivity index (χ0n) is 64.6. The Kier molecular flexibility index (Phi) is 5.04. The molecule has 8 aromatic rings. The Morgan fingerprint density at radius 2 is 1.16 bits per heavy atom. The van der Waals surface area contributed by atoms with Crippen LogP contribution in [0.3, 0.4) is 0 Å². The van der Waals surface area contributed by atoms with Crippen molar-refractivity contribution in [2.75, 3.05) is 0 Å². The fourth-order valence-electron chi connectivity index (χ4n) is 7.65. The number of aromatic hydroxyl groups is 1. The van der Waals surface area contributed by atoms with Crippen molar-refractivity contribution in [3.63, 3.8) is 0 Å². The Hall–Kier alpha value is -6.26. The minimum absolute atomic E-state index is 0.0555. The third kappa shape index (κ3) is 8.61. The van der Waals surface area contributed by atoms with Crippen molar-refractivity contribution in [2.45, 2.75) is 111 Å². The van der Waals surface area contributed by atoms with Crippen LogP contribution in [0.5, 0.6) is 5.75 Å². The van der Waals surface area contributed by atoms with Crippen LogP contribution in [0.4, 0.5) is 0 Å². The number of phenolic OH excluding ortho intramolecular Hbond substituents is 1. The highest BCUT2D eigenvalue weighted by atomic mass is 16.3. The van der Waals surface area contributed by atoms with Gasteiger partial charge in [-0.2, -0.15) is 0 Å². The molecule has 2 heterocycles. The SMILES string of the molecule is [2H]C([2H])([2H])c1cc(-c2ccccc2)ccc1-n1c(-c2cc(C(C([2H])([2H])[2H])(C([2H])([2H])[2H])C([2H])([2H])[2H])cc(C(C([2H])([2H])[2H])(C([2H])([2H])[2H])C([2H])([2H])[2H])c2O)nc2c(-c3cc(-c4cc(-c5ccc(C(C([2H])([2H])[2H])(C([2H])([2H])[2H])C([2H])([2H])[2H])cc5)ccn4)cc(C(C)(C)C)c3)cccc21. The summed E-state index contributed by atoms with van der Waals surface area (Å²) in [7, 11) is 0. The first-order chi connectivity index (χ1) is 42.0. The summed E-state index contributed by atoms with van der Waals surface area (Å²) in [5.74, 6) is -2.29. The number of imidazole rings is 1. The maximum absolute atomic E-state index is 13.0. The lowest BCUT2D eigenvalue weighted by Crippen LogP contribution is -2.17. The lowest BCUT2D eigenvalue weighted by Gasteiger charge is -2.27. The fourth-order valence-corrected chi connectivity index (χ4v) is 7.65. The van der Waals surface area contributed by atoms with Crippen molar-refractivity contribution in [2.24, 2.45) is 0 Å². The number of rotatable bonds is 6. The molecular weight excluding hydrogens is 767 g/mol. The summed E-state index contributed by atoms with van der Waals surface area (Å²) in [6.07, 6.45) is 1.45. The predicted molar refractivity (Wildman–Crippen MR) is 267 cm³/mol. The van der Waals surface area contributed by atoms with Crippen LogP contribution in [0.2, 0.25) is 0 Å². The van der Waals surface area contributed by atoms with Gasteiger partial charge in [-0.05, 0) is 127 Å². The van der Waals surface area contributed by atoms with Gasteiger partial charge in [0.05, 0.1) is 28.0 Å². The molecule has 0 radical (unpaired) electrons. The van der Waals surface area contributed by atoms with Crippen LogP contribution in [-0.4, -0.2) is 19.6 Å². The summed E-state index contributed by atoms with van der Waals surface area (Å²) in [6.45, 7) is -33.3. The number of benzene rings is 6. The van der Waals surface area contributed by atoms with Gasteiger partial charge >= 0.3 is 0 Å². The van der Waals surface area contributed by atoms with E-state index in [0.29, 0.717) is 50.7 Å². The fraction of sp³-hybridized carbons (Fsp3) is 0.288. The van der Waals surface area contributed by atoms with Crippen molar-refractivity contribution in [1.29, 1.82) is 0 Å². The van der Waals surface area contributed by atoms with Crippen molar-refractivity contribution in [1.82, 2.24) is 14.5 Å². The molecule has 0 saturated heterocycles. The molecule has 0 aliphatic heterocycles. The highest BCUT2D eigenvalue weighted by molar-refractivity contribution is 5.97. The van der Waals surface area contributed by atoms with E-state index in [-0.39, 0.29) is 28.4 Å². The lowest BCUT2D eigenvalue weighted by molar-refractivity contribution is 0.446. The summed E-state index contributed by atoms with van der Waals surface area (Å²) >= 11 is 0. The number of para-hydroxylation sites is 1. The van der Waals surface area contributed by atoms with Gasteiger partial charge in [-0.15, -0.1) is 0 Å². The summed E-state index contributed by atoms with van der Waals surface area (Å²) in [6, 6.07) is 31.5. The van der Waals surface area contributed by atoms with Crippen LogP contribution in [0.15, 0.2) is 140 Å². The predicted octanol–water partition coefficient (Wildman–Crippen LogP) is 16.0. The van der Waals surface area contributed by atoms with Crippen LogP contribution in [0.1, 0.15) is 151 Å². The van der Waals surface area contributed by atoms with E-state index >= 15 is 0 Å². The molecule has 0 aliphatic rings. The number of aromatic nitrogens is 3. The maximum Gasteiger partial charge on any atom is 0.149 e. The molecule has 0 spiro atoms. The monoisotopic (exact) mass is 860 g/mol. The molecule has 63 heavy (non-hydrogen) atoms. The van der Waals surface area contributed by atoms with E-state index in [1.165, 1.54) is 48.7 Å². The van der Waals surface area contributed by atoms with Gasteiger partial charge in [0.15, 0.2) is 0 Å². The van der Waals surface area contributed by atoms with Crippen molar-refractivity contribution >= 4 is 11.0 Å². The molecule has 0 saturated carbocycles. The molecule has 4 heteroatoms. The normalized spacial score (nSPS) is 21.6. The van der Waals surface area contributed by atoms with E-state index in [2.05, 4.69) is 4.98 Å². The molecule has 2 aromatic heterocycles.